The summed E-state index contributed by atoms with van der Waals surface area (Å²) in [5.41, 5.74) is -0.170. The molecule has 0 unspecified atom stereocenters. The number of hydrogen-bond acceptors (Lipinski definition) is 17. The van der Waals surface area contributed by atoms with E-state index in [0.717, 1.165) is 18.2 Å². The van der Waals surface area contributed by atoms with E-state index in [1.54, 1.807) is 0 Å². The number of Topliss-reactive ketones (excluding diaryl/α,β-unsaturated/α-hetero) is 1. The molecule has 51 heavy (non-hydrogen) atoms. The third kappa shape index (κ3) is 7.86. The molecule has 0 spiro atoms. The number of rotatable bonds is 12. The summed E-state index contributed by atoms with van der Waals surface area (Å²) in [6.07, 6.45) is -18.9. The van der Waals surface area contributed by atoms with Crippen LogP contribution in [0.3, 0.4) is 0 Å². The van der Waals surface area contributed by atoms with E-state index in [1.165, 1.54) is 19.2 Å². The van der Waals surface area contributed by atoms with Crippen LogP contribution in [-0.4, -0.2) is 143 Å². The van der Waals surface area contributed by atoms with Crippen molar-refractivity contribution < 1.29 is 93.9 Å². The van der Waals surface area contributed by atoms with Crippen molar-refractivity contribution in [2.24, 2.45) is 0 Å². The summed E-state index contributed by atoms with van der Waals surface area (Å²) in [5.74, 6) is -4.73. The highest BCUT2D eigenvalue weighted by Crippen LogP contribution is 2.46. The Morgan fingerprint density at radius 2 is 1.35 bits per heavy atom. The quantitative estimate of drug-likeness (QED) is 0.0763. The molecule has 2 fully saturated rings. The van der Waals surface area contributed by atoms with Crippen molar-refractivity contribution in [2.45, 2.75) is 80.7 Å². The van der Waals surface area contributed by atoms with E-state index in [4.69, 9.17) is 33.2 Å². The molecule has 3 heterocycles. The minimum atomic E-state index is -1.96. The molecule has 0 aliphatic carbocycles. The molecule has 3 aromatic rings. The summed E-state index contributed by atoms with van der Waals surface area (Å²) in [6, 6.07) is 5.67. The van der Waals surface area contributed by atoms with Gasteiger partial charge in [0.2, 0.25) is 24.1 Å². The zero-order valence-electron chi connectivity index (χ0n) is 26.7. The first-order valence-electron chi connectivity index (χ1n) is 15.4. The lowest BCUT2D eigenvalue weighted by atomic mass is 9.94. The van der Waals surface area contributed by atoms with Crippen molar-refractivity contribution in [2.75, 3.05) is 13.7 Å². The van der Waals surface area contributed by atoms with E-state index in [1.807, 2.05) is 0 Å². The minimum Gasteiger partial charge on any atom is -0.507 e. The predicted molar refractivity (Wildman–Crippen MR) is 166 cm³/mol. The van der Waals surface area contributed by atoms with Crippen LogP contribution in [-0.2, 0) is 19.1 Å². The van der Waals surface area contributed by atoms with E-state index in [-0.39, 0.29) is 39.5 Å². The average Bonchev–Trinajstić information content (AvgIpc) is 3.09. The summed E-state index contributed by atoms with van der Waals surface area (Å²) in [7, 11) is 1.20. The Morgan fingerprint density at radius 1 is 0.745 bits per heavy atom. The van der Waals surface area contributed by atoms with Crippen molar-refractivity contribution in [3.05, 3.63) is 30.3 Å². The number of phenols is 3. The third-order valence-corrected chi connectivity index (χ3v) is 8.39. The Bertz CT molecular complexity index is 1750. The number of aliphatic hydroxyl groups excluding tert-OH is 7. The number of aliphatic carboxylic acids is 1. The van der Waals surface area contributed by atoms with Gasteiger partial charge in [-0.3, -0.25) is 9.59 Å². The Hall–Kier alpha value is -4.57. The summed E-state index contributed by atoms with van der Waals surface area (Å²) in [5, 5.41) is 113. The van der Waals surface area contributed by atoms with Crippen molar-refractivity contribution in [3.63, 3.8) is 0 Å². The number of aliphatic hydroxyl groups is 7. The normalized spacial score (nSPS) is 29.4. The molecule has 5 rings (SSSR count). The summed E-state index contributed by atoms with van der Waals surface area (Å²) < 4.78 is 34.0. The van der Waals surface area contributed by atoms with Crippen molar-refractivity contribution in [1.82, 2.24) is 0 Å². The predicted octanol–water partition coefficient (Wildman–Crippen LogP) is -1.30. The topological polar surface area (TPSA) is 314 Å². The van der Waals surface area contributed by atoms with Gasteiger partial charge < -0.3 is 79.9 Å². The molecule has 11 N–H and O–H groups in total. The van der Waals surface area contributed by atoms with E-state index >= 15 is 0 Å². The molecule has 2 aliphatic heterocycles. The molecule has 0 amide bonds. The van der Waals surface area contributed by atoms with Crippen LogP contribution in [0.4, 0.5) is 0 Å². The molecule has 2 aliphatic rings. The highest BCUT2D eigenvalue weighted by molar-refractivity contribution is 5.89. The smallest absolute Gasteiger partial charge is 0.402 e. The summed E-state index contributed by atoms with van der Waals surface area (Å²) in [6.45, 7) is -0.762. The zero-order chi connectivity index (χ0) is 37.3. The Labute approximate surface area is 287 Å². The first-order chi connectivity index (χ1) is 24.1. The maximum Gasteiger partial charge on any atom is 0.402 e. The van der Waals surface area contributed by atoms with Gasteiger partial charge in [0, 0.05) is 37.1 Å². The number of carbonyl (C=O) groups is 2. The molecule has 1 aromatic heterocycles. The second kappa shape index (κ2) is 15.4. The molecular formula is C32H37O19+. The van der Waals surface area contributed by atoms with Gasteiger partial charge in [0.15, 0.2) is 11.5 Å². The number of carboxylic acids is 1. The van der Waals surface area contributed by atoms with Crippen LogP contribution in [0.1, 0.15) is 19.3 Å². The van der Waals surface area contributed by atoms with Gasteiger partial charge in [0.05, 0.1) is 37.9 Å². The number of ether oxygens (including phenoxy) is 5. The Balaban J connectivity index is 1.59. The maximum absolute atomic E-state index is 12.4. The van der Waals surface area contributed by atoms with Gasteiger partial charge >= 0.3 is 17.3 Å². The molecule has 2 saturated heterocycles. The lowest BCUT2D eigenvalue weighted by Gasteiger charge is -2.40. The average molecular weight is 726 g/mol. The number of fused-ring (bicyclic) bond motifs is 1. The summed E-state index contributed by atoms with van der Waals surface area (Å²) in [4.78, 5) is 23.3. The van der Waals surface area contributed by atoms with Crippen molar-refractivity contribution in [3.8, 4) is 45.8 Å². The SMILES string of the molecule is COc1cc(-c2[o+]c3cc(O)cc(O[C@@H]4O[C@H](CO)[C@@H](O)[C@H](O)[C@H]4O)c3cc2O[C@@H]2O[C@@H](CC(=O)CCC(=O)O)[C@H](O)[C@@H](O)[C@H]2O)cc(O)c1O. The van der Waals surface area contributed by atoms with E-state index in [2.05, 4.69) is 0 Å². The third-order valence-electron chi connectivity index (χ3n) is 8.39. The fourth-order valence-electron chi connectivity index (χ4n) is 5.61. The van der Waals surface area contributed by atoms with Crippen LogP contribution < -0.4 is 14.2 Å². The molecule has 278 valence electrons. The molecule has 0 bridgehead atoms. The summed E-state index contributed by atoms with van der Waals surface area (Å²) >= 11 is 0. The number of benzene rings is 2. The van der Waals surface area contributed by atoms with Crippen LogP contribution in [0.2, 0.25) is 0 Å². The van der Waals surface area contributed by atoms with E-state index < -0.39 is 116 Å². The molecule has 19 nitrogen and oxygen atoms in total. The number of aromatic hydroxyl groups is 3. The van der Waals surface area contributed by atoms with Crippen molar-refractivity contribution >= 4 is 22.7 Å². The molecule has 2 aromatic carbocycles. The van der Waals surface area contributed by atoms with Gasteiger partial charge in [-0.25, -0.2) is 4.42 Å². The minimum absolute atomic E-state index is 0.0231. The number of hydrogen-bond donors (Lipinski definition) is 11. The van der Waals surface area contributed by atoms with Gasteiger partial charge in [0.1, 0.15) is 65.4 Å². The van der Waals surface area contributed by atoms with E-state index in [9.17, 15) is 60.7 Å². The maximum atomic E-state index is 12.4. The first-order valence-corrected chi connectivity index (χ1v) is 15.4. The standard InChI is InChI=1S/C32H36O19/c1-46-18-5-11(4-15(36)23(18)39)30-20(50-32-28(44)26(42)24(40)19(49-32)6-12(34)2-3-22(37)38)9-14-16(47-30)7-13(35)8-17(14)48-31-29(45)27(43)25(41)21(10-33)51-31/h4-5,7-9,19,21,24-29,31-33,40-45H,2-3,6,10H2,1H3,(H3-,35,36,37,38,39)/p+1/t19-,21+,24-,25+,26+,27-,28+,29+,31+,32-/m0/s1. The highest BCUT2D eigenvalue weighted by Gasteiger charge is 2.47. The number of phenolic OH excluding ortho intramolecular Hbond substituents is 3. The van der Waals surface area contributed by atoms with E-state index in [0.29, 0.717) is 0 Å². The van der Waals surface area contributed by atoms with Gasteiger partial charge in [-0.15, -0.1) is 0 Å². The zero-order valence-corrected chi connectivity index (χ0v) is 26.7. The van der Waals surface area contributed by atoms with Crippen LogP contribution in [0.25, 0.3) is 22.3 Å². The monoisotopic (exact) mass is 725 g/mol. The van der Waals surface area contributed by atoms with Gasteiger partial charge in [0.25, 0.3) is 0 Å². The first kappa shape index (κ1) is 37.7. The van der Waals surface area contributed by atoms with Crippen molar-refractivity contribution in [1.29, 1.82) is 0 Å². The second-order valence-corrected chi connectivity index (χ2v) is 11.9. The number of carbonyl (C=O) groups excluding carboxylic acids is 1. The molecule has 10 atom stereocenters. The van der Waals surface area contributed by atoms with Gasteiger partial charge in [-0.1, -0.05) is 0 Å². The molecule has 0 saturated carbocycles. The highest BCUT2D eigenvalue weighted by atomic mass is 16.7. The van der Waals surface area contributed by atoms with Gasteiger partial charge in [-0.2, -0.15) is 0 Å². The second-order valence-electron chi connectivity index (χ2n) is 11.9. The number of ketones is 1. The Kier molecular flexibility index (Phi) is 11.3. The lowest BCUT2D eigenvalue weighted by molar-refractivity contribution is -0.277. The largest absolute Gasteiger partial charge is 0.507 e. The lowest BCUT2D eigenvalue weighted by Crippen LogP contribution is -2.60. The molecular weight excluding hydrogens is 688 g/mol. The fourth-order valence-corrected chi connectivity index (χ4v) is 5.61. The van der Waals surface area contributed by atoms with Crippen LogP contribution >= 0.6 is 0 Å². The fraction of sp³-hybridized carbons (Fsp3) is 0.469. The van der Waals surface area contributed by atoms with Crippen LogP contribution in [0.15, 0.2) is 34.7 Å². The Morgan fingerprint density at radius 3 is 1.96 bits per heavy atom. The number of carboxylic acid groups (broad SMARTS) is 1. The number of methoxy groups -OCH3 is 1. The van der Waals surface area contributed by atoms with Crippen LogP contribution in [0, 0.1) is 0 Å². The van der Waals surface area contributed by atoms with Crippen LogP contribution in [0.5, 0.6) is 34.5 Å². The van der Waals surface area contributed by atoms with Gasteiger partial charge in [-0.05, 0) is 0 Å². The molecule has 19 heteroatoms. The molecule has 0 radical (unpaired) electrons.